The lowest BCUT2D eigenvalue weighted by molar-refractivity contribution is 0.240. The molecule has 0 spiro atoms. The second kappa shape index (κ2) is 5.03. The van der Waals surface area contributed by atoms with Crippen molar-refractivity contribution in [2.75, 3.05) is 20.4 Å². The number of hydrogen-bond donors (Lipinski definition) is 1. The summed E-state index contributed by atoms with van der Waals surface area (Å²) in [7, 11) is 0.511. The summed E-state index contributed by atoms with van der Waals surface area (Å²) in [6.07, 6.45) is 2.64. The van der Waals surface area contributed by atoms with Crippen molar-refractivity contribution in [2.24, 2.45) is 0 Å². The quantitative estimate of drug-likeness (QED) is 0.635. The topological polar surface area (TPSA) is 38.7 Å². The predicted octanol–water partition coefficient (Wildman–Crippen LogP) is 1.83. The number of rotatable bonds is 5. The molecule has 0 rings (SSSR count). The van der Waals surface area contributed by atoms with E-state index >= 15 is 0 Å². The Morgan fingerprint density at radius 2 is 1.80 bits per heavy atom. The van der Waals surface area contributed by atoms with Gasteiger partial charge < -0.3 is 0 Å². The zero-order valence-corrected chi connectivity index (χ0v) is 7.73. The van der Waals surface area contributed by atoms with Gasteiger partial charge in [-0.3, -0.25) is 0 Å². The molecule has 0 aliphatic carbocycles. The van der Waals surface area contributed by atoms with Crippen molar-refractivity contribution in [1.29, 1.82) is 0 Å². The fourth-order valence-electron chi connectivity index (χ4n) is 0.615. The Hall–Kier alpha value is 0.310. The molecule has 0 radical (unpaired) electrons. The summed E-state index contributed by atoms with van der Waals surface area (Å²) in [4.78, 5) is 9.43. The lowest BCUT2D eigenvalue weighted by Gasteiger charge is -2.11. The summed E-state index contributed by atoms with van der Waals surface area (Å²) >= 11 is 0. The van der Waals surface area contributed by atoms with Crippen molar-refractivity contribution in [3.05, 3.63) is 0 Å². The molecule has 0 aromatic heterocycles. The Balaban J connectivity index is 3.58. The summed E-state index contributed by atoms with van der Waals surface area (Å²) in [6, 6.07) is 0. The molecular formula is C6H16O3P+. The van der Waals surface area contributed by atoms with E-state index in [4.69, 9.17) is 9.05 Å². The number of unbranched alkanes of at least 4 members (excludes halogenated alkanes) is 1. The minimum atomic E-state index is -2.45. The Kier molecular flexibility index (Phi) is 5.18. The molecule has 0 heterocycles. The summed E-state index contributed by atoms with van der Waals surface area (Å²) in [6.45, 7) is 2.07. The van der Waals surface area contributed by atoms with Crippen LogP contribution < -0.4 is 0 Å². The fourth-order valence-corrected chi connectivity index (χ4v) is 1.85. The van der Waals surface area contributed by atoms with Gasteiger partial charge in [-0.1, -0.05) is 13.3 Å². The maximum Gasteiger partial charge on any atom is 0.408 e. The molecule has 3 nitrogen and oxygen atoms in total. The van der Waals surface area contributed by atoms with Gasteiger partial charge in [-0.15, -0.1) is 0 Å². The van der Waals surface area contributed by atoms with Gasteiger partial charge in [0, 0.05) is 0 Å². The molecule has 62 valence electrons. The van der Waals surface area contributed by atoms with E-state index < -0.39 is 7.94 Å². The van der Waals surface area contributed by atoms with Crippen molar-refractivity contribution in [3.8, 4) is 0 Å². The molecule has 0 aliphatic heterocycles. The number of hydrogen-bond acceptors (Lipinski definition) is 3. The Morgan fingerprint density at radius 3 is 2.10 bits per heavy atom. The highest BCUT2D eigenvalue weighted by Crippen LogP contribution is 2.55. The standard InChI is InChI=1S/C6H16O3P/c1-4-5-6-10(7,8-2)9-3/h7H,4-6H2,1-3H3/q+1. The Labute approximate surface area is 62.9 Å². The molecule has 0 aromatic rings. The molecule has 0 unspecified atom stereocenters. The van der Waals surface area contributed by atoms with E-state index in [1.807, 2.05) is 0 Å². The minimum absolute atomic E-state index is 0.635. The van der Waals surface area contributed by atoms with Gasteiger partial charge in [0.25, 0.3) is 0 Å². The summed E-state index contributed by atoms with van der Waals surface area (Å²) < 4.78 is 9.67. The van der Waals surface area contributed by atoms with Gasteiger partial charge in [0.15, 0.2) is 0 Å². The highest BCUT2D eigenvalue weighted by Gasteiger charge is 2.36. The van der Waals surface area contributed by atoms with Crippen LogP contribution in [0.4, 0.5) is 0 Å². The smallest absolute Gasteiger partial charge is 0.193 e. The molecular weight excluding hydrogens is 151 g/mol. The molecule has 1 N–H and O–H groups in total. The van der Waals surface area contributed by atoms with Crippen molar-refractivity contribution < 1.29 is 13.9 Å². The third-order valence-electron chi connectivity index (χ3n) is 1.36. The van der Waals surface area contributed by atoms with Crippen LogP contribution in [-0.4, -0.2) is 25.3 Å². The van der Waals surface area contributed by atoms with Crippen LogP contribution in [-0.2, 0) is 9.05 Å². The SMILES string of the molecule is CCCC[P+](O)(OC)OC. The first kappa shape index (κ1) is 10.3. The maximum absolute atomic E-state index is 9.43. The van der Waals surface area contributed by atoms with Crippen molar-refractivity contribution >= 4 is 7.94 Å². The largest absolute Gasteiger partial charge is 0.408 e. The van der Waals surface area contributed by atoms with E-state index in [2.05, 4.69) is 6.92 Å². The summed E-state index contributed by atoms with van der Waals surface area (Å²) in [5.74, 6) is 0. The van der Waals surface area contributed by atoms with Gasteiger partial charge in [-0.2, -0.15) is 13.9 Å². The van der Waals surface area contributed by atoms with Crippen molar-refractivity contribution in [1.82, 2.24) is 0 Å². The van der Waals surface area contributed by atoms with Crippen LogP contribution in [0.3, 0.4) is 0 Å². The molecule has 0 saturated carbocycles. The Morgan fingerprint density at radius 1 is 1.30 bits per heavy atom. The first-order chi connectivity index (χ1) is 4.68. The monoisotopic (exact) mass is 167 g/mol. The van der Waals surface area contributed by atoms with Crippen LogP contribution in [0, 0.1) is 0 Å². The third-order valence-corrected chi connectivity index (χ3v) is 3.39. The molecule has 0 bridgehead atoms. The highest BCUT2D eigenvalue weighted by molar-refractivity contribution is 7.60. The van der Waals surface area contributed by atoms with E-state index in [1.54, 1.807) is 0 Å². The molecule has 0 fully saturated rings. The molecule has 4 heteroatoms. The molecule has 0 aromatic carbocycles. The van der Waals surface area contributed by atoms with Gasteiger partial charge in [-0.05, 0) is 6.42 Å². The molecule has 0 atom stereocenters. The summed E-state index contributed by atoms with van der Waals surface area (Å²) in [5.41, 5.74) is 0. The van der Waals surface area contributed by atoms with Gasteiger partial charge >= 0.3 is 7.94 Å². The first-order valence-electron chi connectivity index (χ1n) is 3.40. The second-order valence-corrected chi connectivity index (χ2v) is 4.53. The van der Waals surface area contributed by atoms with Crippen molar-refractivity contribution in [2.45, 2.75) is 19.8 Å². The van der Waals surface area contributed by atoms with Gasteiger partial charge in [0.05, 0.1) is 14.2 Å². The van der Waals surface area contributed by atoms with E-state index in [0.717, 1.165) is 12.8 Å². The molecule has 0 aliphatic rings. The van der Waals surface area contributed by atoms with E-state index in [9.17, 15) is 4.89 Å². The van der Waals surface area contributed by atoms with Crippen LogP contribution >= 0.6 is 7.94 Å². The Bertz CT molecular complexity index is 83.1. The zero-order chi connectivity index (χ0) is 8.04. The third kappa shape index (κ3) is 3.47. The molecule has 10 heavy (non-hydrogen) atoms. The lowest BCUT2D eigenvalue weighted by atomic mass is 10.4. The van der Waals surface area contributed by atoms with Crippen LogP contribution in [0.15, 0.2) is 0 Å². The van der Waals surface area contributed by atoms with Crippen molar-refractivity contribution in [3.63, 3.8) is 0 Å². The normalized spacial score (nSPS) is 12.0. The fraction of sp³-hybridized carbons (Fsp3) is 1.00. The van der Waals surface area contributed by atoms with E-state index in [1.165, 1.54) is 14.2 Å². The van der Waals surface area contributed by atoms with Gasteiger partial charge in [-0.25, -0.2) is 0 Å². The van der Waals surface area contributed by atoms with Crippen LogP contribution in [0.25, 0.3) is 0 Å². The van der Waals surface area contributed by atoms with E-state index in [0.29, 0.717) is 6.16 Å². The summed E-state index contributed by atoms with van der Waals surface area (Å²) in [5, 5.41) is 0. The van der Waals surface area contributed by atoms with Crippen LogP contribution in [0.1, 0.15) is 19.8 Å². The first-order valence-corrected chi connectivity index (χ1v) is 5.17. The second-order valence-electron chi connectivity index (χ2n) is 2.08. The average Bonchev–Trinajstić information content (AvgIpc) is 2.00. The predicted molar refractivity (Wildman–Crippen MR) is 42.9 cm³/mol. The highest BCUT2D eigenvalue weighted by atomic mass is 31.2. The maximum atomic E-state index is 9.43. The van der Waals surface area contributed by atoms with Crippen LogP contribution in [0.5, 0.6) is 0 Å². The zero-order valence-electron chi connectivity index (χ0n) is 6.83. The van der Waals surface area contributed by atoms with Gasteiger partial charge in [0.1, 0.15) is 6.16 Å². The molecule has 0 amide bonds. The average molecular weight is 167 g/mol. The van der Waals surface area contributed by atoms with E-state index in [-0.39, 0.29) is 0 Å². The lowest BCUT2D eigenvalue weighted by Crippen LogP contribution is -2.01. The van der Waals surface area contributed by atoms with Crippen LogP contribution in [0.2, 0.25) is 0 Å². The van der Waals surface area contributed by atoms with Gasteiger partial charge in [0.2, 0.25) is 0 Å². The molecule has 0 saturated heterocycles. The minimum Gasteiger partial charge on any atom is -0.193 e.